The van der Waals surface area contributed by atoms with Crippen LogP contribution in [-0.2, 0) is 16.1 Å². The molecule has 0 spiro atoms. The van der Waals surface area contributed by atoms with Crippen molar-refractivity contribution in [2.24, 2.45) is 0 Å². The molecule has 2 amide bonds. The van der Waals surface area contributed by atoms with Gasteiger partial charge in [-0.05, 0) is 32.6 Å². The average molecular weight is 308 g/mol. The molecule has 2 heterocycles. The first-order valence-electron chi connectivity index (χ1n) is 7.73. The molecule has 1 N–H and O–H groups in total. The molecule has 1 aliphatic heterocycles. The molecule has 0 aromatic carbocycles. The predicted octanol–water partition coefficient (Wildman–Crippen LogP) is 1.32. The van der Waals surface area contributed by atoms with Crippen molar-refractivity contribution in [3.05, 3.63) is 18.2 Å². The third-order valence-corrected chi connectivity index (χ3v) is 4.01. The molecule has 122 valence electrons. The number of nitrogens with one attached hydrogen (secondary N) is 1. The Balaban J connectivity index is 1.78. The maximum atomic E-state index is 12.3. The van der Waals surface area contributed by atoms with Crippen LogP contribution in [-0.4, -0.2) is 52.7 Å². The largest absolute Gasteiger partial charge is 0.453 e. The van der Waals surface area contributed by atoms with Crippen molar-refractivity contribution in [2.45, 2.75) is 45.2 Å². The first-order chi connectivity index (χ1) is 10.6. The van der Waals surface area contributed by atoms with E-state index in [0.717, 1.165) is 31.6 Å². The van der Waals surface area contributed by atoms with Crippen LogP contribution in [0.4, 0.5) is 4.79 Å². The van der Waals surface area contributed by atoms with Crippen LogP contribution >= 0.6 is 0 Å². The number of aryl methyl sites for hydroxylation is 2. The highest BCUT2D eigenvalue weighted by Crippen LogP contribution is 2.18. The second kappa shape index (κ2) is 7.82. The van der Waals surface area contributed by atoms with Crippen molar-refractivity contribution in [1.82, 2.24) is 19.8 Å². The molecule has 0 unspecified atom stereocenters. The Kier molecular flexibility index (Phi) is 5.80. The van der Waals surface area contributed by atoms with Crippen LogP contribution in [0, 0.1) is 6.92 Å². The summed E-state index contributed by atoms with van der Waals surface area (Å²) >= 11 is 0. The fourth-order valence-electron chi connectivity index (χ4n) is 2.76. The molecule has 0 aliphatic carbocycles. The number of carbonyl (C=O) groups is 2. The van der Waals surface area contributed by atoms with Crippen LogP contribution < -0.4 is 5.32 Å². The van der Waals surface area contributed by atoms with Crippen LogP contribution in [0.1, 0.15) is 31.5 Å². The molecule has 22 heavy (non-hydrogen) atoms. The van der Waals surface area contributed by atoms with Crippen LogP contribution in [0.15, 0.2) is 12.4 Å². The minimum atomic E-state index is -0.422. The summed E-state index contributed by atoms with van der Waals surface area (Å²) in [6.45, 7) is 3.94. The molecule has 1 aromatic rings. The van der Waals surface area contributed by atoms with E-state index in [-0.39, 0.29) is 5.91 Å². The molecule has 0 saturated carbocycles. The van der Waals surface area contributed by atoms with Gasteiger partial charge in [0, 0.05) is 32.0 Å². The van der Waals surface area contributed by atoms with Crippen LogP contribution in [0.3, 0.4) is 0 Å². The Hall–Kier alpha value is -2.05. The highest BCUT2D eigenvalue weighted by molar-refractivity contribution is 5.85. The van der Waals surface area contributed by atoms with Gasteiger partial charge in [-0.1, -0.05) is 0 Å². The van der Waals surface area contributed by atoms with E-state index in [1.807, 2.05) is 17.7 Å². The summed E-state index contributed by atoms with van der Waals surface area (Å²) in [5.41, 5.74) is 0. The van der Waals surface area contributed by atoms with E-state index >= 15 is 0 Å². The zero-order valence-electron chi connectivity index (χ0n) is 13.2. The molecular weight excluding hydrogens is 284 g/mol. The summed E-state index contributed by atoms with van der Waals surface area (Å²) in [4.78, 5) is 29.7. The molecular formula is C15H24N4O3. The highest BCUT2D eigenvalue weighted by Gasteiger charge is 2.32. The zero-order chi connectivity index (χ0) is 15.9. The molecule has 0 bridgehead atoms. The summed E-state index contributed by atoms with van der Waals surface area (Å²) in [6.07, 6.45) is 6.67. The van der Waals surface area contributed by atoms with Crippen LogP contribution in [0.25, 0.3) is 0 Å². The topological polar surface area (TPSA) is 76.5 Å². The molecule has 0 radical (unpaired) electrons. The Morgan fingerprint density at radius 1 is 1.45 bits per heavy atom. The van der Waals surface area contributed by atoms with Crippen molar-refractivity contribution in [2.75, 3.05) is 20.2 Å². The molecule has 1 saturated heterocycles. The number of nitrogens with zero attached hydrogens (tertiary/aromatic N) is 3. The Morgan fingerprint density at radius 2 is 2.27 bits per heavy atom. The smallest absolute Gasteiger partial charge is 0.410 e. The summed E-state index contributed by atoms with van der Waals surface area (Å²) in [5, 5.41) is 2.92. The SMILES string of the molecule is COC(=O)N1CCCC[C@H]1C(=O)NCCCn1ccnc1C. The van der Waals surface area contributed by atoms with E-state index in [1.165, 1.54) is 12.0 Å². The molecule has 7 nitrogen and oxygen atoms in total. The molecule has 1 aromatic heterocycles. The fourth-order valence-corrected chi connectivity index (χ4v) is 2.76. The lowest BCUT2D eigenvalue weighted by Crippen LogP contribution is -2.52. The van der Waals surface area contributed by atoms with Gasteiger partial charge in [0.2, 0.25) is 5.91 Å². The van der Waals surface area contributed by atoms with Gasteiger partial charge >= 0.3 is 6.09 Å². The highest BCUT2D eigenvalue weighted by atomic mass is 16.5. The van der Waals surface area contributed by atoms with E-state index in [1.54, 1.807) is 6.20 Å². The van der Waals surface area contributed by atoms with Gasteiger partial charge in [-0.15, -0.1) is 0 Å². The number of likely N-dealkylation sites (tertiary alicyclic amines) is 1. The van der Waals surface area contributed by atoms with E-state index < -0.39 is 12.1 Å². The van der Waals surface area contributed by atoms with Gasteiger partial charge in [-0.2, -0.15) is 0 Å². The van der Waals surface area contributed by atoms with Crippen molar-refractivity contribution >= 4 is 12.0 Å². The summed E-state index contributed by atoms with van der Waals surface area (Å²) < 4.78 is 6.80. The van der Waals surface area contributed by atoms with Gasteiger partial charge in [0.25, 0.3) is 0 Å². The normalized spacial score (nSPS) is 18.1. The number of piperidine rings is 1. The number of imidazole rings is 1. The fraction of sp³-hybridized carbons (Fsp3) is 0.667. The monoisotopic (exact) mass is 308 g/mol. The van der Waals surface area contributed by atoms with Gasteiger partial charge in [-0.3, -0.25) is 9.69 Å². The predicted molar refractivity (Wildman–Crippen MR) is 81.3 cm³/mol. The molecule has 1 aliphatic rings. The number of amides is 2. The Labute approximate surface area is 130 Å². The second-order valence-corrected chi connectivity index (χ2v) is 5.49. The molecule has 1 fully saturated rings. The van der Waals surface area contributed by atoms with Crippen molar-refractivity contribution in [3.63, 3.8) is 0 Å². The van der Waals surface area contributed by atoms with E-state index in [2.05, 4.69) is 10.3 Å². The number of methoxy groups -OCH3 is 1. The quantitative estimate of drug-likeness (QED) is 0.832. The number of hydrogen-bond acceptors (Lipinski definition) is 4. The number of carbonyl (C=O) groups excluding carboxylic acids is 2. The molecule has 2 rings (SSSR count). The van der Waals surface area contributed by atoms with Gasteiger partial charge in [0.1, 0.15) is 11.9 Å². The number of ether oxygens (including phenoxy) is 1. The first-order valence-corrected chi connectivity index (χ1v) is 7.73. The maximum absolute atomic E-state index is 12.3. The number of rotatable bonds is 5. The lowest BCUT2D eigenvalue weighted by molar-refractivity contribution is -0.127. The van der Waals surface area contributed by atoms with Crippen molar-refractivity contribution < 1.29 is 14.3 Å². The summed E-state index contributed by atoms with van der Waals surface area (Å²) in [7, 11) is 1.35. The average Bonchev–Trinajstić information content (AvgIpc) is 2.95. The van der Waals surface area contributed by atoms with Crippen molar-refractivity contribution in [1.29, 1.82) is 0 Å². The Morgan fingerprint density at radius 3 is 2.95 bits per heavy atom. The third-order valence-electron chi connectivity index (χ3n) is 4.01. The minimum Gasteiger partial charge on any atom is -0.453 e. The van der Waals surface area contributed by atoms with E-state index in [4.69, 9.17) is 4.74 Å². The third kappa shape index (κ3) is 3.99. The lowest BCUT2D eigenvalue weighted by atomic mass is 10.0. The van der Waals surface area contributed by atoms with Gasteiger partial charge < -0.3 is 14.6 Å². The Bertz CT molecular complexity index is 515. The first kappa shape index (κ1) is 16.3. The summed E-state index contributed by atoms with van der Waals surface area (Å²) in [6, 6.07) is -0.406. The van der Waals surface area contributed by atoms with Gasteiger partial charge in [-0.25, -0.2) is 9.78 Å². The molecule has 1 atom stereocenters. The van der Waals surface area contributed by atoms with Gasteiger partial charge in [0.15, 0.2) is 0 Å². The van der Waals surface area contributed by atoms with Gasteiger partial charge in [0.05, 0.1) is 7.11 Å². The lowest BCUT2D eigenvalue weighted by Gasteiger charge is -2.33. The standard InChI is InChI=1S/C15H24N4O3/c1-12-16-8-11-18(12)9-5-7-17-14(20)13-6-3-4-10-19(13)15(21)22-2/h8,11,13H,3-7,9-10H2,1-2H3,(H,17,20)/t13-/m0/s1. The van der Waals surface area contributed by atoms with Crippen molar-refractivity contribution in [3.8, 4) is 0 Å². The zero-order valence-corrected chi connectivity index (χ0v) is 13.2. The minimum absolute atomic E-state index is 0.0903. The second-order valence-electron chi connectivity index (χ2n) is 5.49. The maximum Gasteiger partial charge on any atom is 0.410 e. The van der Waals surface area contributed by atoms with Crippen LogP contribution in [0.5, 0.6) is 0 Å². The number of hydrogen-bond donors (Lipinski definition) is 1. The van der Waals surface area contributed by atoms with Crippen LogP contribution in [0.2, 0.25) is 0 Å². The van der Waals surface area contributed by atoms with E-state index in [0.29, 0.717) is 19.5 Å². The summed E-state index contributed by atoms with van der Waals surface area (Å²) in [5.74, 6) is 0.878. The number of aromatic nitrogens is 2. The molecule has 7 heteroatoms. The van der Waals surface area contributed by atoms with E-state index in [9.17, 15) is 9.59 Å².